The molecule has 0 aromatic carbocycles. The second kappa shape index (κ2) is 8.11. The highest BCUT2D eigenvalue weighted by Gasteiger charge is 2.21. The Morgan fingerprint density at radius 1 is 1.29 bits per heavy atom. The number of nitrogens with zero attached hydrogens (tertiary/aromatic N) is 1. The Labute approximate surface area is 164 Å². The monoisotopic (exact) mass is 471 g/mol. The molecule has 0 fully saturated rings. The van der Waals surface area contributed by atoms with Crippen LogP contribution in [0.15, 0.2) is 14.3 Å². The van der Waals surface area contributed by atoms with Crippen molar-refractivity contribution in [3.63, 3.8) is 0 Å². The van der Waals surface area contributed by atoms with Crippen LogP contribution in [0.2, 0.25) is 0 Å². The van der Waals surface area contributed by atoms with Crippen LogP contribution >= 0.6 is 43.2 Å². The van der Waals surface area contributed by atoms with E-state index in [1.165, 1.54) is 10.4 Å². The van der Waals surface area contributed by atoms with E-state index in [0.717, 1.165) is 43.9 Å². The molecule has 0 saturated heterocycles. The SMILES string of the molecule is CCC(CC)/C(=C/C(C)=N)c1nc(-c2sc(Br)c(Br)c2C)c(C)[nH]1. The van der Waals surface area contributed by atoms with Gasteiger partial charge in [0.05, 0.1) is 8.66 Å². The molecule has 0 spiro atoms. The lowest BCUT2D eigenvalue weighted by atomic mass is 9.92. The fourth-order valence-corrected chi connectivity index (χ4v) is 5.17. The first-order valence-electron chi connectivity index (χ1n) is 8.08. The third kappa shape index (κ3) is 3.92. The second-order valence-corrected chi connectivity index (χ2v) is 9.13. The van der Waals surface area contributed by atoms with Gasteiger partial charge in [0, 0.05) is 15.9 Å². The number of rotatable bonds is 6. The van der Waals surface area contributed by atoms with Crippen LogP contribution in [0.25, 0.3) is 16.1 Å². The van der Waals surface area contributed by atoms with Crippen LogP contribution in [0, 0.1) is 25.2 Å². The maximum atomic E-state index is 7.88. The third-order valence-electron chi connectivity index (χ3n) is 4.20. The van der Waals surface area contributed by atoms with E-state index < -0.39 is 0 Å². The third-order valence-corrected chi connectivity index (χ3v) is 7.96. The van der Waals surface area contributed by atoms with E-state index in [-0.39, 0.29) is 0 Å². The lowest BCUT2D eigenvalue weighted by molar-refractivity contribution is 0.620. The number of hydrogen-bond acceptors (Lipinski definition) is 3. The molecule has 0 bridgehead atoms. The zero-order chi connectivity index (χ0) is 18.0. The summed E-state index contributed by atoms with van der Waals surface area (Å²) in [5.74, 6) is 1.30. The summed E-state index contributed by atoms with van der Waals surface area (Å²) in [7, 11) is 0. The van der Waals surface area contributed by atoms with Gasteiger partial charge in [-0.05, 0) is 88.6 Å². The molecular weight excluding hydrogens is 450 g/mol. The van der Waals surface area contributed by atoms with Gasteiger partial charge in [-0.25, -0.2) is 4.98 Å². The molecule has 0 saturated carbocycles. The number of aromatic nitrogens is 2. The molecule has 2 N–H and O–H groups in total. The highest BCUT2D eigenvalue weighted by atomic mass is 79.9. The van der Waals surface area contributed by atoms with Crippen molar-refractivity contribution in [1.82, 2.24) is 9.97 Å². The molecule has 0 radical (unpaired) electrons. The number of imidazole rings is 1. The summed E-state index contributed by atoms with van der Waals surface area (Å²) in [5.41, 5.74) is 4.95. The maximum Gasteiger partial charge on any atom is 0.134 e. The van der Waals surface area contributed by atoms with Gasteiger partial charge in [-0.3, -0.25) is 0 Å². The fraction of sp³-hybridized carbons (Fsp3) is 0.444. The molecule has 2 aromatic heterocycles. The molecular formula is C18H23Br2N3S. The molecule has 130 valence electrons. The first-order valence-corrected chi connectivity index (χ1v) is 10.5. The molecule has 0 aliphatic heterocycles. The summed E-state index contributed by atoms with van der Waals surface area (Å²) in [6.45, 7) is 10.4. The van der Waals surface area contributed by atoms with Crippen LogP contribution in [-0.4, -0.2) is 15.7 Å². The van der Waals surface area contributed by atoms with Gasteiger partial charge in [-0.15, -0.1) is 11.3 Å². The smallest absolute Gasteiger partial charge is 0.134 e. The van der Waals surface area contributed by atoms with Gasteiger partial charge in [0.2, 0.25) is 0 Å². The number of aryl methyl sites for hydroxylation is 1. The Balaban J connectivity index is 2.56. The first kappa shape index (κ1) is 19.6. The molecule has 0 aliphatic carbocycles. The normalized spacial score (nSPS) is 12.2. The molecule has 6 heteroatoms. The quantitative estimate of drug-likeness (QED) is 0.431. The Hall–Kier alpha value is -0.720. The highest BCUT2D eigenvalue weighted by Crippen LogP contribution is 2.43. The number of aromatic amines is 1. The van der Waals surface area contributed by atoms with Gasteiger partial charge in [0.25, 0.3) is 0 Å². The van der Waals surface area contributed by atoms with Crippen LogP contribution in [0.4, 0.5) is 0 Å². The summed E-state index contributed by atoms with van der Waals surface area (Å²) < 4.78 is 2.18. The van der Waals surface area contributed by atoms with Crippen LogP contribution in [0.5, 0.6) is 0 Å². The van der Waals surface area contributed by atoms with Crippen molar-refractivity contribution in [2.75, 3.05) is 0 Å². The van der Waals surface area contributed by atoms with E-state index in [9.17, 15) is 0 Å². The minimum Gasteiger partial charge on any atom is -0.342 e. The molecule has 0 unspecified atom stereocenters. The average molecular weight is 473 g/mol. The zero-order valence-corrected chi connectivity index (χ0v) is 18.7. The van der Waals surface area contributed by atoms with Crippen molar-refractivity contribution in [3.05, 3.63) is 31.4 Å². The van der Waals surface area contributed by atoms with E-state index in [1.807, 2.05) is 13.0 Å². The summed E-state index contributed by atoms with van der Waals surface area (Å²) >= 11 is 8.91. The summed E-state index contributed by atoms with van der Waals surface area (Å²) in [4.78, 5) is 9.54. The minimum atomic E-state index is 0.409. The Morgan fingerprint density at radius 3 is 2.38 bits per heavy atom. The predicted octanol–water partition coefficient (Wildman–Crippen LogP) is 7.14. The summed E-state index contributed by atoms with van der Waals surface area (Å²) in [6.07, 6.45) is 4.03. The first-order chi connectivity index (χ1) is 11.3. The van der Waals surface area contributed by atoms with Gasteiger partial charge in [0.1, 0.15) is 11.5 Å². The topological polar surface area (TPSA) is 52.5 Å². The van der Waals surface area contributed by atoms with E-state index in [0.29, 0.717) is 11.6 Å². The maximum absolute atomic E-state index is 7.88. The van der Waals surface area contributed by atoms with E-state index >= 15 is 0 Å². The van der Waals surface area contributed by atoms with Crippen molar-refractivity contribution in [2.45, 2.75) is 47.5 Å². The molecule has 24 heavy (non-hydrogen) atoms. The number of thiophene rings is 1. The van der Waals surface area contributed by atoms with Gasteiger partial charge < -0.3 is 10.4 Å². The van der Waals surface area contributed by atoms with Crippen molar-refractivity contribution in [3.8, 4) is 10.6 Å². The van der Waals surface area contributed by atoms with Crippen molar-refractivity contribution >= 4 is 54.5 Å². The number of hydrogen-bond donors (Lipinski definition) is 2. The number of allylic oxidation sites excluding steroid dienone is 2. The van der Waals surface area contributed by atoms with Gasteiger partial charge in [-0.1, -0.05) is 13.8 Å². The van der Waals surface area contributed by atoms with Gasteiger partial charge in [-0.2, -0.15) is 0 Å². The van der Waals surface area contributed by atoms with E-state index in [2.05, 4.69) is 64.5 Å². The van der Waals surface area contributed by atoms with E-state index in [4.69, 9.17) is 10.4 Å². The molecule has 2 rings (SSSR count). The van der Waals surface area contributed by atoms with Crippen LogP contribution < -0.4 is 0 Å². The lowest BCUT2D eigenvalue weighted by Crippen LogP contribution is -2.04. The van der Waals surface area contributed by atoms with Crippen molar-refractivity contribution in [2.24, 2.45) is 5.92 Å². The lowest BCUT2D eigenvalue weighted by Gasteiger charge is -2.15. The largest absolute Gasteiger partial charge is 0.342 e. The Bertz CT molecular complexity index is 783. The second-order valence-electron chi connectivity index (χ2n) is 6.00. The number of nitrogens with one attached hydrogen (secondary N) is 2. The Morgan fingerprint density at radius 2 is 1.92 bits per heavy atom. The van der Waals surface area contributed by atoms with Crippen molar-refractivity contribution in [1.29, 1.82) is 5.41 Å². The minimum absolute atomic E-state index is 0.409. The molecule has 0 aliphatic rings. The highest BCUT2D eigenvalue weighted by molar-refractivity contribution is 9.13. The molecule has 3 nitrogen and oxygen atoms in total. The van der Waals surface area contributed by atoms with Gasteiger partial charge >= 0.3 is 0 Å². The van der Waals surface area contributed by atoms with Crippen LogP contribution in [0.3, 0.4) is 0 Å². The van der Waals surface area contributed by atoms with Gasteiger partial charge in [0.15, 0.2) is 0 Å². The fourth-order valence-electron chi connectivity index (χ4n) is 2.84. The van der Waals surface area contributed by atoms with Crippen LogP contribution in [0.1, 0.15) is 50.7 Å². The predicted molar refractivity (Wildman–Crippen MR) is 112 cm³/mol. The average Bonchev–Trinajstić information content (AvgIpc) is 3.02. The van der Waals surface area contributed by atoms with Crippen LogP contribution in [-0.2, 0) is 0 Å². The summed E-state index contributed by atoms with van der Waals surface area (Å²) in [6, 6.07) is 0. The van der Waals surface area contributed by atoms with E-state index in [1.54, 1.807) is 11.3 Å². The summed E-state index contributed by atoms with van der Waals surface area (Å²) in [5, 5.41) is 7.88. The molecule has 2 aromatic rings. The molecule has 2 heterocycles. The number of halogens is 2. The standard InChI is InChI=1S/C18H23Br2N3S/c1-6-12(7-2)13(8-9(3)21)18-22-11(5)15(23-18)16-10(4)14(19)17(20)24-16/h8,12,21H,6-7H2,1-5H3,(H,22,23)/b13-8-,21-9?. The Kier molecular flexibility index (Phi) is 6.62. The number of H-pyrrole nitrogens is 1. The molecule has 0 amide bonds. The molecule has 0 atom stereocenters. The zero-order valence-electron chi connectivity index (χ0n) is 14.7. The van der Waals surface area contributed by atoms with Crippen molar-refractivity contribution < 1.29 is 0 Å².